The van der Waals surface area contributed by atoms with Crippen LogP contribution in [0, 0.1) is 0 Å². The second kappa shape index (κ2) is 8.14. The number of nitrogens with zero attached hydrogens (tertiary/aromatic N) is 2. The summed E-state index contributed by atoms with van der Waals surface area (Å²) in [6.45, 7) is 3.70. The highest BCUT2D eigenvalue weighted by molar-refractivity contribution is 5.99. The van der Waals surface area contributed by atoms with Crippen molar-refractivity contribution in [3.8, 4) is 11.5 Å². The van der Waals surface area contributed by atoms with Crippen LogP contribution < -0.4 is 20.1 Å². The Morgan fingerprint density at radius 2 is 2.08 bits per heavy atom. The Kier molecular flexibility index (Phi) is 5.46. The van der Waals surface area contributed by atoms with Crippen LogP contribution in [0.4, 0.5) is 5.95 Å². The maximum absolute atomic E-state index is 12.3. The van der Waals surface area contributed by atoms with E-state index < -0.39 is 0 Å². The lowest BCUT2D eigenvalue weighted by molar-refractivity contribution is -0.117. The van der Waals surface area contributed by atoms with Gasteiger partial charge in [-0.25, -0.2) is 9.97 Å². The Labute approximate surface area is 146 Å². The molecule has 25 heavy (non-hydrogen) atoms. The highest BCUT2D eigenvalue weighted by Crippen LogP contribution is 2.35. The van der Waals surface area contributed by atoms with E-state index in [1.54, 1.807) is 18.5 Å². The van der Waals surface area contributed by atoms with Crippen molar-refractivity contribution in [2.75, 3.05) is 31.6 Å². The number of fused-ring (bicyclic) bond motifs is 1. The number of amides is 1. The maximum Gasteiger partial charge on any atom is 0.250 e. The predicted molar refractivity (Wildman–Crippen MR) is 94.6 cm³/mol. The van der Waals surface area contributed by atoms with E-state index in [1.165, 1.54) is 0 Å². The van der Waals surface area contributed by atoms with Gasteiger partial charge in [-0.1, -0.05) is 12.1 Å². The van der Waals surface area contributed by atoms with Crippen LogP contribution in [0.15, 0.2) is 42.2 Å². The molecule has 7 heteroatoms. The number of carbonyl (C=O) groups excluding carboxylic acids is 1. The van der Waals surface area contributed by atoms with Crippen LogP contribution in [-0.4, -0.2) is 42.2 Å². The summed E-state index contributed by atoms with van der Waals surface area (Å²) in [5.41, 5.74) is 1.43. The third-order valence-corrected chi connectivity index (χ3v) is 3.56. The van der Waals surface area contributed by atoms with Crippen LogP contribution in [0.25, 0.3) is 6.08 Å². The number of ether oxygens (including phenoxy) is 2. The summed E-state index contributed by atoms with van der Waals surface area (Å²) in [5.74, 6) is 1.77. The molecule has 2 heterocycles. The first-order valence-corrected chi connectivity index (χ1v) is 8.16. The van der Waals surface area contributed by atoms with Crippen molar-refractivity contribution >= 4 is 17.9 Å². The van der Waals surface area contributed by atoms with Gasteiger partial charge in [-0.3, -0.25) is 4.79 Å². The standard InChI is InChI=1S/C18H20N4O3/c1-2-24-15-6-3-5-13-11-14(12-25-16(13)15)17(23)19-9-10-22-18-20-7-4-8-21-18/h3-8,11H,2,9-10,12H2,1H3,(H,19,23)(H,20,21,22). The molecule has 0 spiro atoms. The summed E-state index contributed by atoms with van der Waals surface area (Å²) in [6.07, 6.45) is 5.16. The molecule has 7 nitrogen and oxygen atoms in total. The van der Waals surface area contributed by atoms with E-state index in [-0.39, 0.29) is 12.5 Å². The molecule has 0 aliphatic carbocycles. The summed E-state index contributed by atoms with van der Waals surface area (Å²) in [4.78, 5) is 20.4. The van der Waals surface area contributed by atoms with Gasteiger partial charge >= 0.3 is 0 Å². The third-order valence-electron chi connectivity index (χ3n) is 3.56. The van der Waals surface area contributed by atoms with E-state index in [2.05, 4.69) is 20.6 Å². The Morgan fingerprint density at radius 3 is 2.88 bits per heavy atom. The van der Waals surface area contributed by atoms with Crippen molar-refractivity contribution in [1.29, 1.82) is 0 Å². The average molecular weight is 340 g/mol. The molecule has 2 N–H and O–H groups in total. The molecule has 130 valence electrons. The van der Waals surface area contributed by atoms with Crippen LogP contribution in [0.2, 0.25) is 0 Å². The number of aromatic nitrogens is 2. The zero-order valence-corrected chi connectivity index (χ0v) is 14.0. The molecule has 1 aliphatic heterocycles. The first kappa shape index (κ1) is 16.8. The van der Waals surface area contributed by atoms with Gasteiger partial charge in [0.2, 0.25) is 5.95 Å². The highest BCUT2D eigenvalue weighted by atomic mass is 16.5. The summed E-state index contributed by atoms with van der Waals surface area (Å²) in [5, 5.41) is 5.89. The molecular weight excluding hydrogens is 320 g/mol. The van der Waals surface area contributed by atoms with Gasteiger partial charge in [0.15, 0.2) is 11.5 Å². The molecule has 1 aromatic carbocycles. The van der Waals surface area contributed by atoms with Crippen molar-refractivity contribution in [1.82, 2.24) is 15.3 Å². The Morgan fingerprint density at radius 1 is 1.24 bits per heavy atom. The van der Waals surface area contributed by atoms with Gasteiger partial charge in [-0.2, -0.15) is 0 Å². The summed E-state index contributed by atoms with van der Waals surface area (Å²) >= 11 is 0. The second-order valence-corrected chi connectivity index (χ2v) is 5.32. The molecule has 0 bridgehead atoms. The van der Waals surface area contributed by atoms with E-state index in [4.69, 9.17) is 9.47 Å². The van der Waals surface area contributed by atoms with Crippen molar-refractivity contribution in [3.63, 3.8) is 0 Å². The number of hydrogen-bond acceptors (Lipinski definition) is 6. The molecule has 3 rings (SSSR count). The molecule has 0 saturated heterocycles. The van der Waals surface area contributed by atoms with Crippen LogP contribution in [0.1, 0.15) is 12.5 Å². The van der Waals surface area contributed by atoms with Gasteiger partial charge in [-0.15, -0.1) is 0 Å². The van der Waals surface area contributed by atoms with E-state index in [0.717, 1.165) is 5.56 Å². The monoisotopic (exact) mass is 340 g/mol. The lowest BCUT2D eigenvalue weighted by Gasteiger charge is -2.20. The smallest absolute Gasteiger partial charge is 0.250 e. The molecule has 0 unspecified atom stereocenters. The fourth-order valence-corrected chi connectivity index (χ4v) is 2.43. The molecular formula is C18H20N4O3. The number of benzene rings is 1. The summed E-state index contributed by atoms with van der Waals surface area (Å²) in [7, 11) is 0. The summed E-state index contributed by atoms with van der Waals surface area (Å²) in [6, 6.07) is 7.39. The number of hydrogen-bond donors (Lipinski definition) is 2. The van der Waals surface area contributed by atoms with Crippen LogP contribution in [-0.2, 0) is 4.79 Å². The fraction of sp³-hybridized carbons (Fsp3) is 0.278. The Balaban J connectivity index is 1.55. The molecule has 1 aliphatic rings. The quantitative estimate of drug-likeness (QED) is 0.749. The minimum absolute atomic E-state index is 0.150. The number of para-hydroxylation sites is 1. The van der Waals surface area contributed by atoms with Gasteiger partial charge in [0.1, 0.15) is 6.61 Å². The lowest BCUT2D eigenvalue weighted by atomic mass is 10.1. The van der Waals surface area contributed by atoms with E-state index in [0.29, 0.717) is 42.7 Å². The minimum Gasteiger partial charge on any atom is -0.490 e. The molecule has 2 aromatic rings. The number of carbonyl (C=O) groups is 1. The largest absolute Gasteiger partial charge is 0.490 e. The molecule has 1 amide bonds. The van der Waals surface area contributed by atoms with Gasteiger partial charge in [0, 0.05) is 31.0 Å². The predicted octanol–water partition coefficient (Wildman–Crippen LogP) is 1.88. The Bertz CT molecular complexity index is 762. The fourth-order valence-electron chi connectivity index (χ4n) is 2.43. The second-order valence-electron chi connectivity index (χ2n) is 5.32. The van der Waals surface area contributed by atoms with Gasteiger partial charge < -0.3 is 20.1 Å². The number of anilines is 1. The number of rotatable bonds is 7. The SMILES string of the molecule is CCOc1cccc2c1OCC(C(=O)NCCNc1ncccn1)=C2. The van der Waals surface area contributed by atoms with Crippen molar-refractivity contribution in [2.45, 2.75) is 6.92 Å². The average Bonchev–Trinajstić information content (AvgIpc) is 2.66. The van der Waals surface area contributed by atoms with Crippen LogP contribution in [0.3, 0.4) is 0 Å². The number of nitrogens with one attached hydrogen (secondary N) is 2. The van der Waals surface area contributed by atoms with E-state index in [9.17, 15) is 4.79 Å². The first-order valence-electron chi connectivity index (χ1n) is 8.16. The van der Waals surface area contributed by atoms with Crippen molar-refractivity contribution < 1.29 is 14.3 Å². The van der Waals surface area contributed by atoms with E-state index in [1.807, 2.05) is 31.2 Å². The first-order chi connectivity index (χ1) is 12.3. The van der Waals surface area contributed by atoms with E-state index >= 15 is 0 Å². The molecule has 1 aromatic heterocycles. The minimum atomic E-state index is -0.150. The van der Waals surface area contributed by atoms with Gasteiger partial charge in [0.05, 0.1) is 12.2 Å². The topological polar surface area (TPSA) is 85.4 Å². The van der Waals surface area contributed by atoms with Crippen molar-refractivity contribution in [3.05, 3.63) is 47.8 Å². The normalized spacial score (nSPS) is 12.4. The van der Waals surface area contributed by atoms with Crippen LogP contribution in [0.5, 0.6) is 11.5 Å². The van der Waals surface area contributed by atoms with Crippen LogP contribution >= 0.6 is 0 Å². The zero-order valence-electron chi connectivity index (χ0n) is 14.0. The van der Waals surface area contributed by atoms with Crippen molar-refractivity contribution in [2.24, 2.45) is 0 Å². The highest BCUT2D eigenvalue weighted by Gasteiger charge is 2.19. The van der Waals surface area contributed by atoms with Gasteiger partial charge in [-0.05, 0) is 25.1 Å². The lowest BCUT2D eigenvalue weighted by Crippen LogP contribution is -2.32. The molecule has 0 saturated carbocycles. The maximum atomic E-state index is 12.3. The zero-order chi connectivity index (χ0) is 17.5. The summed E-state index contributed by atoms with van der Waals surface area (Å²) < 4.78 is 11.3. The third kappa shape index (κ3) is 4.26. The molecule has 0 fully saturated rings. The Hall–Kier alpha value is -3.09. The van der Waals surface area contributed by atoms with Gasteiger partial charge in [0.25, 0.3) is 5.91 Å². The molecule has 0 atom stereocenters. The molecule has 0 radical (unpaired) electrons.